The zero-order chi connectivity index (χ0) is 15.6. The van der Waals surface area contributed by atoms with Gasteiger partial charge < -0.3 is 0 Å². The molecule has 2 heterocycles. The van der Waals surface area contributed by atoms with E-state index in [0.717, 1.165) is 34.3 Å². The summed E-state index contributed by atoms with van der Waals surface area (Å²) in [6.07, 6.45) is 2.39. The first kappa shape index (κ1) is 14.6. The van der Waals surface area contributed by atoms with E-state index in [9.17, 15) is 4.79 Å². The third-order valence-electron chi connectivity index (χ3n) is 4.23. The average molecular weight is 325 g/mol. The Kier molecular flexibility index (Phi) is 3.97. The number of likely N-dealkylation sites (tertiary alicyclic amines) is 1. The minimum atomic E-state index is 0.0448. The van der Waals surface area contributed by atoms with Crippen LogP contribution in [0.15, 0.2) is 58.3 Å². The fourth-order valence-electron chi connectivity index (χ4n) is 3.13. The van der Waals surface area contributed by atoms with E-state index < -0.39 is 0 Å². The van der Waals surface area contributed by atoms with Crippen molar-refractivity contribution in [2.24, 2.45) is 0 Å². The summed E-state index contributed by atoms with van der Waals surface area (Å²) in [6.45, 7) is 2.51. The molecule has 2 aromatic rings. The van der Waals surface area contributed by atoms with Crippen LogP contribution in [0.3, 0.4) is 0 Å². The predicted octanol–water partition coefficient (Wildman–Crippen LogP) is 3.42. The molecule has 2 aliphatic rings. The van der Waals surface area contributed by atoms with E-state index in [0.29, 0.717) is 6.54 Å². The largest absolute Gasteiger partial charge is 0.294 e. The Balaban J connectivity index is 1.60. The molecule has 2 aliphatic heterocycles. The normalized spacial score (nSPS) is 16.8. The van der Waals surface area contributed by atoms with Gasteiger partial charge in [-0.15, -0.1) is 0 Å². The first-order valence-corrected chi connectivity index (χ1v) is 8.81. The third kappa shape index (κ3) is 2.94. The zero-order valence-electron chi connectivity index (χ0n) is 12.9. The van der Waals surface area contributed by atoms with Crippen LogP contribution in [0.5, 0.6) is 0 Å². The molecular weight excluding hydrogens is 306 g/mol. The van der Waals surface area contributed by atoms with Gasteiger partial charge >= 0.3 is 0 Å². The highest BCUT2D eigenvalue weighted by atomic mass is 32.2. The number of carbonyl (C=O) groups is 1. The van der Waals surface area contributed by atoms with E-state index in [4.69, 9.17) is 0 Å². The Morgan fingerprint density at radius 1 is 0.957 bits per heavy atom. The standard InChI is InChI=1S/C18H19N3OS/c22-18(13-20-11-5-6-12-20)19-21-14-7-1-3-9-16(14)23-17-10-4-2-8-15(17)21/h1-4,7-10H,5-6,11-13H2,(H,19,22). The molecule has 118 valence electrons. The second kappa shape index (κ2) is 6.26. The van der Waals surface area contributed by atoms with Crippen molar-refractivity contribution in [3.8, 4) is 0 Å². The lowest BCUT2D eigenvalue weighted by Gasteiger charge is -2.33. The molecule has 5 heteroatoms. The van der Waals surface area contributed by atoms with Crippen molar-refractivity contribution in [3.63, 3.8) is 0 Å². The number of nitrogens with one attached hydrogen (secondary N) is 1. The van der Waals surface area contributed by atoms with Gasteiger partial charge in [0.1, 0.15) is 0 Å². The molecule has 0 saturated carbocycles. The number of hydrogen-bond donors (Lipinski definition) is 1. The van der Waals surface area contributed by atoms with Crippen LogP contribution in [0, 0.1) is 0 Å². The first-order chi connectivity index (χ1) is 11.3. The summed E-state index contributed by atoms with van der Waals surface area (Å²) >= 11 is 1.74. The molecule has 0 atom stereocenters. The lowest BCUT2D eigenvalue weighted by Crippen LogP contribution is -2.45. The number of amides is 1. The summed E-state index contributed by atoms with van der Waals surface area (Å²) in [5.74, 6) is 0.0448. The number of hydrogen-bond acceptors (Lipinski definition) is 4. The second-order valence-corrected chi connectivity index (χ2v) is 6.97. The van der Waals surface area contributed by atoms with Gasteiger partial charge in [-0.2, -0.15) is 0 Å². The monoisotopic (exact) mass is 325 g/mol. The molecule has 0 radical (unpaired) electrons. The van der Waals surface area contributed by atoms with Crippen molar-refractivity contribution >= 4 is 29.0 Å². The van der Waals surface area contributed by atoms with Crippen LogP contribution in [0.1, 0.15) is 12.8 Å². The summed E-state index contributed by atoms with van der Waals surface area (Å²) in [5, 5.41) is 1.93. The van der Waals surface area contributed by atoms with Gasteiger partial charge in [-0.3, -0.25) is 20.1 Å². The van der Waals surface area contributed by atoms with Crippen molar-refractivity contribution in [2.75, 3.05) is 24.6 Å². The highest BCUT2D eigenvalue weighted by molar-refractivity contribution is 7.99. The summed E-state index contributed by atoms with van der Waals surface area (Å²) in [7, 11) is 0. The maximum Gasteiger partial charge on any atom is 0.252 e. The quantitative estimate of drug-likeness (QED) is 0.938. The van der Waals surface area contributed by atoms with Crippen LogP contribution < -0.4 is 10.4 Å². The van der Waals surface area contributed by atoms with Crippen molar-refractivity contribution in [1.29, 1.82) is 0 Å². The van der Waals surface area contributed by atoms with Crippen LogP contribution in [0.25, 0.3) is 0 Å². The van der Waals surface area contributed by atoms with Gasteiger partial charge in [-0.25, -0.2) is 0 Å². The van der Waals surface area contributed by atoms with Crippen LogP contribution in [-0.4, -0.2) is 30.4 Å². The van der Waals surface area contributed by atoms with E-state index in [1.54, 1.807) is 11.8 Å². The summed E-state index contributed by atoms with van der Waals surface area (Å²) in [6, 6.07) is 16.4. The number of para-hydroxylation sites is 2. The molecule has 2 aromatic carbocycles. The molecular formula is C18H19N3OS. The molecule has 0 aliphatic carbocycles. The van der Waals surface area contributed by atoms with Crippen molar-refractivity contribution in [3.05, 3.63) is 48.5 Å². The van der Waals surface area contributed by atoms with Gasteiger partial charge in [0.25, 0.3) is 5.91 Å². The highest BCUT2D eigenvalue weighted by Crippen LogP contribution is 2.46. The summed E-state index contributed by atoms with van der Waals surface area (Å²) in [5.41, 5.74) is 5.16. The maximum absolute atomic E-state index is 12.5. The summed E-state index contributed by atoms with van der Waals surface area (Å²) < 4.78 is 0. The summed E-state index contributed by atoms with van der Waals surface area (Å²) in [4.78, 5) is 17.0. The molecule has 1 saturated heterocycles. The van der Waals surface area contributed by atoms with Crippen molar-refractivity contribution < 1.29 is 4.79 Å². The highest BCUT2D eigenvalue weighted by Gasteiger charge is 2.25. The van der Waals surface area contributed by atoms with Gasteiger partial charge in [-0.05, 0) is 50.2 Å². The van der Waals surface area contributed by atoms with E-state index in [1.807, 2.05) is 29.3 Å². The molecule has 0 bridgehead atoms. The number of fused-ring (bicyclic) bond motifs is 2. The molecule has 4 nitrogen and oxygen atoms in total. The zero-order valence-corrected chi connectivity index (χ0v) is 13.7. The smallest absolute Gasteiger partial charge is 0.252 e. The van der Waals surface area contributed by atoms with Crippen LogP contribution >= 0.6 is 11.8 Å². The molecule has 0 spiro atoms. The van der Waals surface area contributed by atoms with Crippen LogP contribution in [-0.2, 0) is 4.79 Å². The van der Waals surface area contributed by atoms with Gasteiger partial charge in [-0.1, -0.05) is 36.0 Å². The number of benzene rings is 2. The number of anilines is 2. The molecule has 23 heavy (non-hydrogen) atoms. The molecule has 1 fully saturated rings. The molecule has 0 unspecified atom stereocenters. The van der Waals surface area contributed by atoms with E-state index in [-0.39, 0.29) is 5.91 Å². The Labute approximate surface area is 140 Å². The molecule has 1 N–H and O–H groups in total. The molecule has 4 rings (SSSR count). The average Bonchev–Trinajstić information content (AvgIpc) is 3.07. The van der Waals surface area contributed by atoms with Crippen LogP contribution in [0.4, 0.5) is 11.4 Å². The Hall–Kier alpha value is -1.98. The first-order valence-electron chi connectivity index (χ1n) is 7.99. The predicted molar refractivity (Wildman–Crippen MR) is 93.0 cm³/mol. The number of carbonyl (C=O) groups excluding carboxylic acids is 1. The Morgan fingerprint density at radius 2 is 1.52 bits per heavy atom. The minimum absolute atomic E-state index is 0.0448. The number of nitrogens with zero attached hydrogens (tertiary/aromatic N) is 2. The van der Waals surface area contributed by atoms with Crippen LogP contribution in [0.2, 0.25) is 0 Å². The lowest BCUT2D eigenvalue weighted by atomic mass is 10.2. The SMILES string of the molecule is O=C(CN1CCCC1)NN1c2ccccc2Sc2ccccc21. The molecule has 0 aromatic heterocycles. The third-order valence-corrected chi connectivity index (χ3v) is 5.36. The second-order valence-electron chi connectivity index (χ2n) is 5.89. The lowest BCUT2D eigenvalue weighted by molar-refractivity contribution is -0.122. The Morgan fingerprint density at radius 3 is 2.13 bits per heavy atom. The van der Waals surface area contributed by atoms with Gasteiger partial charge in [0, 0.05) is 9.79 Å². The van der Waals surface area contributed by atoms with Gasteiger partial charge in [0.15, 0.2) is 0 Å². The number of rotatable bonds is 3. The molecule has 1 amide bonds. The Bertz CT molecular complexity index is 682. The fourth-order valence-corrected chi connectivity index (χ4v) is 4.19. The van der Waals surface area contributed by atoms with E-state index in [2.05, 4.69) is 34.6 Å². The topological polar surface area (TPSA) is 35.6 Å². The van der Waals surface area contributed by atoms with E-state index in [1.165, 1.54) is 12.8 Å². The fraction of sp³-hybridized carbons (Fsp3) is 0.278. The van der Waals surface area contributed by atoms with Crippen molar-refractivity contribution in [2.45, 2.75) is 22.6 Å². The van der Waals surface area contributed by atoms with Gasteiger partial charge in [0.2, 0.25) is 0 Å². The minimum Gasteiger partial charge on any atom is -0.294 e. The maximum atomic E-state index is 12.5. The van der Waals surface area contributed by atoms with Gasteiger partial charge in [0.05, 0.1) is 17.9 Å². The number of hydrazine groups is 1. The van der Waals surface area contributed by atoms with E-state index >= 15 is 0 Å². The van der Waals surface area contributed by atoms with Crippen molar-refractivity contribution in [1.82, 2.24) is 10.3 Å².